The number of hydrogen-bond donors (Lipinski definition) is 2. The lowest BCUT2D eigenvalue weighted by atomic mass is 10.2. The standard InChI is InChI=1S/C19H19F3O5S/c1-12-8-16(6-7-17(12)23)28-11-15(27-10-18(24)25)9-26-14-4-2-13(3-5-14)19(20,21)22/h2-8,15,23H,9-11H2,1H3,(H,24,25). The fraction of sp³-hybridized carbons (Fsp3) is 0.316. The van der Waals surface area contributed by atoms with Crippen molar-refractivity contribution in [3.8, 4) is 11.5 Å². The van der Waals surface area contributed by atoms with E-state index in [0.717, 1.165) is 17.0 Å². The highest BCUT2D eigenvalue weighted by atomic mass is 32.2. The highest BCUT2D eigenvalue weighted by molar-refractivity contribution is 7.99. The molecule has 0 aliphatic heterocycles. The van der Waals surface area contributed by atoms with Crippen LogP contribution in [-0.2, 0) is 15.7 Å². The van der Waals surface area contributed by atoms with E-state index in [1.807, 2.05) is 0 Å². The Morgan fingerprint density at radius 1 is 1.18 bits per heavy atom. The molecule has 5 nitrogen and oxygen atoms in total. The van der Waals surface area contributed by atoms with Crippen LogP contribution in [0.3, 0.4) is 0 Å². The first-order valence-electron chi connectivity index (χ1n) is 8.21. The largest absolute Gasteiger partial charge is 0.508 e. The third-order valence-corrected chi connectivity index (χ3v) is 4.79. The summed E-state index contributed by atoms with van der Waals surface area (Å²) in [6.45, 7) is 1.21. The van der Waals surface area contributed by atoms with E-state index in [9.17, 15) is 23.1 Å². The van der Waals surface area contributed by atoms with E-state index in [-0.39, 0.29) is 18.1 Å². The summed E-state index contributed by atoms with van der Waals surface area (Å²) >= 11 is 1.39. The molecule has 2 rings (SSSR count). The Bertz CT molecular complexity index is 793. The van der Waals surface area contributed by atoms with Crippen LogP contribution in [0.15, 0.2) is 47.4 Å². The summed E-state index contributed by atoms with van der Waals surface area (Å²) in [5, 5.41) is 18.4. The maximum atomic E-state index is 12.6. The summed E-state index contributed by atoms with van der Waals surface area (Å²) in [6.07, 6.45) is -5.03. The lowest BCUT2D eigenvalue weighted by Crippen LogP contribution is -2.27. The molecule has 0 saturated heterocycles. The number of hydrogen-bond acceptors (Lipinski definition) is 5. The minimum Gasteiger partial charge on any atom is -0.508 e. The molecular formula is C19H19F3O5S. The molecule has 0 spiro atoms. The van der Waals surface area contributed by atoms with Crippen molar-refractivity contribution in [2.75, 3.05) is 19.0 Å². The van der Waals surface area contributed by atoms with E-state index < -0.39 is 30.4 Å². The van der Waals surface area contributed by atoms with Crippen molar-refractivity contribution in [2.24, 2.45) is 0 Å². The first-order chi connectivity index (χ1) is 13.1. The van der Waals surface area contributed by atoms with Crippen LogP contribution in [0, 0.1) is 6.92 Å². The second-order valence-electron chi connectivity index (χ2n) is 5.92. The molecule has 2 aromatic carbocycles. The zero-order valence-corrected chi connectivity index (χ0v) is 15.7. The van der Waals surface area contributed by atoms with E-state index in [1.165, 1.54) is 23.9 Å². The molecule has 152 valence electrons. The van der Waals surface area contributed by atoms with Gasteiger partial charge in [0.2, 0.25) is 0 Å². The topological polar surface area (TPSA) is 76.0 Å². The summed E-state index contributed by atoms with van der Waals surface area (Å²) in [5.41, 5.74) is -0.0780. The van der Waals surface area contributed by atoms with Gasteiger partial charge in [-0.15, -0.1) is 11.8 Å². The lowest BCUT2D eigenvalue weighted by molar-refractivity contribution is -0.144. The van der Waals surface area contributed by atoms with Gasteiger partial charge in [-0.05, 0) is 55.0 Å². The molecule has 0 bridgehead atoms. The summed E-state index contributed by atoms with van der Waals surface area (Å²) in [4.78, 5) is 11.6. The van der Waals surface area contributed by atoms with Crippen LogP contribution in [0.25, 0.3) is 0 Å². The van der Waals surface area contributed by atoms with Gasteiger partial charge in [0, 0.05) is 10.6 Å². The number of rotatable bonds is 9. The Balaban J connectivity index is 1.95. The van der Waals surface area contributed by atoms with Crippen molar-refractivity contribution in [3.05, 3.63) is 53.6 Å². The summed E-state index contributed by atoms with van der Waals surface area (Å²) in [7, 11) is 0. The van der Waals surface area contributed by atoms with Crippen LogP contribution in [-0.4, -0.2) is 41.3 Å². The normalized spacial score (nSPS) is 12.6. The first kappa shape index (κ1) is 21.9. The molecule has 28 heavy (non-hydrogen) atoms. The number of aryl methyl sites for hydroxylation is 1. The molecule has 0 saturated carbocycles. The predicted octanol–water partition coefficient (Wildman–Crippen LogP) is 4.36. The molecule has 2 N–H and O–H groups in total. The van der Waals surface area contributed by atoms with Crippen molar-refractivity contribution in [1.29, 1.82) is 0 Å². The van der Waals surface area contributed by atoms with Crippen LogP contribution in [0.4, 0.5) is 13.2 Å². The molecule has 2 aromatic rings. The van der Waals surface area contributed by atoms with Gasteiger partial charge in [0.1, 0.15) is 30.8 Å². The van der Waals surface area contributed by atoms with Crippen molar-refractivity contribution < 1.29 is 37.7 Å². The van der Waals surface area contributed by atoms with Crippen molar-refractivity contribution in [1.82, 2.24) is 0 Å². The Labute approximate surface area is 164 Å². The first-order valence-corrected chi connectivity index (χ1v) is 9.19. The van der Waals surface area contributed by atoms with Gasteiger partial charge in [0.25, 0.3) is 0 Å². The second-order valence-corrected chi connectivity index (χ2v) is 7.01. The summed E-state index contributed by atoms with van der Waals surface area (Å²) in [6, 6.07) is 9.29. The number of benzene rings is 2. The Morgan fingerprint density at radius 2 is 1.86 bits per heavy atom. The maximum absolute atomic E-state index is 12.6. The quantitative estimate of drug-likeness (QED) is 0.592. The predicted molar refractivity (Wildman–Crippen MR) is 97.9 cm³/mol. The van der Waals surface area contributed by atoms with Crippen molar-refractivity contribution >= 4 is 17.7 Å². The zero-order chi connectivity index (χ0) is 20.7. The van der Waals surface area contributed by atoms with Gasteiger partial charge in [-0.3, -0.25) is 0 Å². The van der Waals surface area contributed by atoms with Gasteiger partial charge in [0.15, 0.2) is 0 Å². The number of halogens is 3. The van der Waals surface area contributed by atoms with Gasteiger partial charge in [0.05, 0.1) is 5.56 Å². The molecule has 0 radical (unpaired) electrons. The van der Waals surface area contributed by atoms with Gasteiger partial charge in [-0.25, -0.2) is 4.79 Å². The zero-order valence-electron chi connectivity index (χ0n) is 14.9. The Hall–Kier alpha value is -2.39. The highest BCUT2D eigenvalue weighted by Crippen LogP contribution is 2.30. The van der Waals surface area contributed by atoms with Crippen molar-refractivity contribution in [3.63, 3.8) is 0 Å². The number of phenolic OH excluding ortho intramolecular Hbond substituents is 1. The van der Waals surface area contributed by atoms with Crippen molar-refractivity contribution in [2.45, 2.75) is 24.1 Å². The second kappa shape index (κ2) is 9.70. The molecule has 0 amide bonds. The van der Waals surface area contributed by atoms with Gasteiger partial charge in [-0.1, -0.05) is 0 Å². The molecule has 0 aromatic heterocycles. The number of thioether (sulfide) groups is 1. The smallest absolute Gasteiger partial charge is 0.416 e. The molecule has 0 fully saturated rings. The van der Waals surface area contributed by atoms with Crippen LogP contribution in [0.1, 0.15) is 11.1 Å². The fourth-order valence-electron chi connectivity index (χ4n) is 2.17. The van der Waals surface area contributed by atoms with Crippen LogP contribution >= 0.6 is 11.8 Å². The molecular weight excluding hydrogens is 397 g/mol. The van der Waals surface area contributed by atoms with E-state index in [1.54, 1.807) is 25.1 Å². The SMILES string of the molecule is Cc1cc(SCC(COc2ccc(C(F)(F)F)cc2)OCC(=O)O)ccc1O. The van der Waals surface area contributed by atoms with Crippen LogP contribution < -0.4 is 4.74 Å². The Morgan fingerprint density at radius 3 is 2.43 bits per heavy atom. The molecule has 0 heterocycles. The minimum absolute atomic E-state index is 0.0251. The van der Waals surface area contributed by atoms with E-state index >= 15 is 0 Å². The lowest BCUT2D eigenvalue weighted by Gasteiger charge is -2.18. The minimum atomic E-state index is -4.43. The maximum Gasteiger partial charge on any atom is 0.416 e. The van der Waals surface area contributed by atoms with Gasteiger partial charge >= 0.3 is 12.1 Å². The summed E-state index contributed by atoms with van der Waals surface area (Å²) in [5.74, 6) is -0.376. The monoisotopic (exact) mass is 416 g/mol. The van der Waals surface area contributed by atoms with Gasteiger partial charge in [-0.2, -0.15) is 13.2 Å². The van der Waals surface area contributed by atoms with E-state index in [2.05, 4.69) is 0 Å². The number of carboxylic acids is 1. The number of carboxylic acid groups (broad SMARTS) is 1. The number of phenols is 1. The van der Waals surface area contributed by atoms with Crippen LogP contribution in [0.5, 0.6) is 11.5 Å². The Kier molecular flexibility index (Phi) is 7.59. The van der Waals surface area contributed by atoms with Crippen LogP contribution in [0.2, 0.25) is 0 Å². The average molecular weight is 416 g/mol. The van der Waals surface area contributed by atoms with Gasteiger partial charge < -0.3 is 19.7 Å². The molecule has 0 aliphatic carbocycles. The van der Waals surface area contributed by atoms with E-state index in [0.29, 0.717) is 11.3 Å². The molecule has 1 unspecified atom stereocenters. The highest BCUT2D eigenvalue weighted by Gasteiger charge is 2.30. The summed E-state index contributed by atoms with van der Waals surface area (Å²) < 4.78 is 48.5. The molecule has 0 aliphatic rings. The number of alkyl halides is 3. The molecule has 1 atom stereocenters. The third-order valence-electron chi connectivity index (χ3n) is 3.66. The molecule has 9 heteroatoms. The number of ether oxygens (including phenoxy) is 2. The number of aliphatic carboxylic acids is 1. The third kappa shape index (κ3) is 6.97. The van der Waals surface area contributed by atoms with E-state index in [4.69, 9.17) is 14.6 Å². The average Bonchev–Trinajstić information content (AvgIpc) is 2.63. The number of aromatic hydroxyl groups is 1. The fourth-order valence-corrected chi connectivity index (χ4v) is 3.16. The number of carbonyl (C=O) groups is 1.